The Morgan fingerprint density at radius 2 is 2.12 bits per heavy atom. The number of carbonyl (C=O) groups excluding carboxylic acids is 1. The van der Waals surface area contributed by atoms with Crippen LogP contribution in [0.2, 0.25) is 0 Å². The maximum Gasteiger partial charge on any atom is 0.339 e. The van der Waals surface area contributed by atoms with Crippen LogP contribution in [-0.2, 0) is 17.1 Å². The first-order valence-corrected chi connectivity index (χ1v) is 8.81. The molecule has 130 valence electrons. The van der Waals surface area contributed by atoms with Crippen molar-refractivity contribution in [1.82, 2.24) is 10.1 Å². The molecule has 3 aromatic rings. The molecule has 0 unspecified atom stereocenters. The molecule has 0 aliphatic carbocycles. The number of esters is 1. The minimum atomic E-state index is -0.419. The van der Waals surface area contributed by atoms with E-state index in [9.17, 15) is 4.79 Å². The van der Waals surface area contributed by atoms with Crippen LogP contribution >= 0.6 is 11.8 Å². The average Bonchev–Trinajstić information content (AvgIpc) is 3.10. The first kappa shape index (κ1) is 17.7. The second-order valence-electron chi connectivity index (χ2n) is 5.41. The summed E-state index contributed by atoms with van der Waals surface area (Å²) in [6.45, 7) is 1.86. The van der Waals surface area contributed by atoms with Crippen LogP contribution in [0.15, 0.2) is 57.9 Å². The van der Waals surface area contributed by atoms with Gasteiger partial charge in [-0.05, 0) is 36.8 Å². The van der Waals surface area contributed by atoms with Gasteiger partial charge < -0.3 is 9.26 Å². The van der Waals surface area contributed by atoms with Crippen LogP contribution in [0.3, 0.4) is 0 Å². The van der Waals surface area contributed by atoms with Crippen LogP contribution < -0.4 is 0 Å². The van der Waals surface area contributed by atoms with Gasteiger partial charge in [0.25, 0.3) is 0 Å². The second-order valence-corrected chi connectivity index (χ2v) is 6.43. The molecule has 0 atom stereocenters. The summed E-state index contributed by atoms with van der Waals surface area (Å²) in [4.78, 5) is 17.4. The maximum absolute atomic E-state index is 12.5. The summed E-state index contributed by atoms with van der Waals surface area (Å²) < 4.78 is 10.5. The van der Waals surface area contributed by atoms with Crippen molar-refractivity contribution in [3.05, 3.63) is 76.9 Å². The molecule has 0 spiro atoms. The molecule has 0 aliphatic rings. The highest BCUT2D eigenvalue weighted by Crippen LogP contribution is 2.26. The summed E-state index contributed by atoms with van der Waals surface area (Å²) in [5.74, 6) is 1.13. The summed E-state index contributed by atoms with van der Waals surface area (Å²) in [6.07, 6.45) is 0. The topological polar surface area (TPSA) is 89.0 Å². The van der Waals surface area contributed by atoms with Crippen molar-refractivity contribution >= 4 is 17.7 Å². The van der Waals surface area contributed by atoms with Gasteiger partial charge in [-0.3, -0.25) is 0 Å². The monoisotopic (exact) mass is 365 g/mol. The number of rotatable bonds is 6. The van der Waals surface area contributed by atoms with Gasteiger partial charge in [0.2, 0.25) is 5.89 Å². The zero-order chi connectivity index (χ0) is 18.4. The van der Waals surface area contributed by atoms with Crippen molar-refractivity contribution in [3.8, 4) is 6.07 Å². The fourth-order valence-electron chi connectivity index (χ4n) is 2.26. The predicted octanol–water partition coefficient (Wildman–Crippen LogP) is 3.90. The van der Waals surface area contributed by atoms with Crippen molar-refractivity contribution in [3.63, 3.8) is 0 Å². The summed E-state index contributed by atoms with van der Waals surface area (Å²) in [6, 6.07) is 16.3. The highest BCUT2D eigenvalue weighted by Gasteiger charge is 2.14. The lowest BCUT2D eigenvalue weighted by molar-refractivity contribution is 0.0468. The van der Waals surface area contributed by atoms with Crippen LogP contribution in [0.25, 0.3) is 0 Å². The molecule has 0 bridgehead atoms. The van der Waals surface area contributed by atoms with Crippen LogP contribution in [0, 0.1) is 18.3 Å². The highest BCUT2D eigenvalue weighted by molar-refractivity contribution is 7.98. The minimum absolute atomic E-state index is 0.107. The minimum Gasteiger partial charge on any atom is -0.457 e. The number of aromatic nitrogens is 2. The Morgan fingerprint density at radius 1 is 1.27 bits per heavy atom. The fraction of sp³-hybridized carbons (Fsp3) is 0.158. The van der Waals surface area contributed by atoms with E-state index in [2.05, 4.69) is 16.2 Å². The van der Waals surface area contributed by atoms with E-state index >= 15 is 0 Å². The normalized spacial score (nSPS) is 10.3. The number of thioether (sulfide) groups is 1. The van der Waals surface area contributed by atoms with Gasteiger partial charge in [-0.25, -0.2) is 4.79 Å². The number of ether oxygens (including phenoxy) is 1. The summed E-state index contributed by atoms with van der Waals surface area (Å²) >= 11 is 1.43. The SMILES string of the molecule is Cc1noc(CSc2ccccc2C(=O)OCc2cccc(C#N)c2)n1. The molecule has 0 N–H and O–H groups in total. The standard InChI is InChI=1S/C19H15N3O3S/c1-13-21-18(25-22-13)12-26-17-8-3-2-7-16(17)19(23)24-11-15-6-4-5-14(9-15)10-20/h2-9H,11-12H2,1H3. The van der Waals surface area contributed by atoms with Crippen LogP contribution in [0.1, 0.15) is 33.2 Å². The van der Waals surface area contributed by atoms with Crippen molar-refractivity contribution < 1.29 is 14.1 Å². The number of nitrogens with zero attached hydrogens (tertiary/aromatic N) is 3. The van der Waals surface area contributed by atoms with Gasteiger partial charge in [0, 0.05) is 4.90 Å². The Hall–Kier alpha value is -3.11. The number of hydrogen-bond donors (Lipinski definition) is 0. The van der Waals surface area contributed by atoms with Crippen molar-refractivity contribution in [2.24, 2.45) is 0 Å². The zero-order valence-electron chi connectivity index (χ0n) is 14.0. The Morgan fingerprint density at radius 3 is 2.88 bits per heavy atom. The van der Waals surface area contributed by atoms with E-state index in [0.717, 1.165) is 10.5 Å². The van der Waals surface area contributed by atoms with E-state index in [4.69, 9.17) is 14.5 Å². The molecular formula is C19H15N3O3S. The van der Waals surface area contributed by atoms with E-state index < -0.39 is 5.97 Å². The van der Waals surface area contributed by atoms with Crippen molar-refractivity contribution in [2.45, 2.75) is 24.2 Å². The molecule has 7 heteroatoms. The molecule has 0 saturated heterocycles. The quantitative estimate of drug-likeness (QED) is 0.483. The smallest absolute Gasteiger partial charge is 0.339 e. The van der Waals surface area contributed by atoms with E-state index in [1.54, 1.807) is 37.3 Å². The predicted molar refractivity (Wildman–Crippen MR) is 95.3 cm³/mol. The first-order chi connectivity index (χ1) is 12.7. The van der Waals surface area contributed by atoms with E-state index in [0.29, 0.717) is 28.6 Å². The molecule has 1 aromatic heterocycles. The molecule has 2 aromatic carbocycles. The Kier molecular flexibility index (Phi) is 5.66. The lowest BCUT2D eigenvalue weighted by Crippen LogP contribution is -2.06. The number of benzene rings is 2. The van der Waals surface area contributed by atoms with Gasteiger partial charge in [0.1, 0.15) is 6.61 Å². The zero-order valence-corrected chi connectivity index (χ0v) is 14.8. The van der Waals surface area contributed by atoms with Gasteiger partial charge in [-0.2, -0.15) is 10.2 Å². The molecule has 0 radical (unpaired) electrons. The Labute approximate surface area is 154 Å². The molecule has 1 heterocycles. The molecule has 26 heavy (non-hydrogen) atoms. The maximum atomic E-state index is 12.5. The molecule has 0 amide bonds. The molecule has 6 nitrogen and oxygen atoms in total. The molecule has 3 rings (SSSR count). The number of aryl methyl sites for hydroxylation is 1. The number of nitriles is 1. The van der Waals surface area contributed by atoms with Gasteiger partial charge in [0.05, 0.1) is 22.9 Å². The summed E-state index contributed by atoms with van der Waals surface area (Å²) in [7, 11) is 0. The first-order valence-electron chi connectivity index (χ1n) is 7.83. The van der Waals surface area contributed by atoms with Crippen molar-refractivity contribution in [2.75, 3.05) is 0 Å². The summed E-state index contributed by atoms with van der Waals surface area (Å²) in [5.41, 5.74) is 1.78. The number of carbonyl (C=O) groups is 1. The van der Waals surface area contributed by atoms with Crippen molar-refractivity contribution in [1.29, 1.82) is 5.26 Å². The lowest BCUT2D eigenvalue weighted by atomic mass is 10.1. The van der Waals surface area contributed by atoms with E-state index in [1.165, 1.54) is 11.8 Å². The van der Waals surface area contributed by atoms with Gasteiger partial charge in [0.15, 0.2) is 5.82 Å². The Bertz CT molecular complexity index is 962. The Balaban J connectivity index is 1.66. The van der Waals surface area contributed by atoms with E-state index in [-0.39, 0.29) is 6.61 Å². The third kappa shape index (κ3) is 4.49. The number of hydrogen-bond acceptors (Lipinski definition) is 7. The van der Waals surface area contributed by atoms with Crippen LogP contribution in [-0.4, -0.2) is 16.1 Å². The second kappa shape index (κ2) is 8.32. The molecule has 0 aliphatic heterocycles. The van der Waals surface area contributed by atoms with E-state index in [1.807, 2.05) is 18.2 Å². The van der Waals surface area contributed by atoms with Gasteiger partial charge in [-0.15, -0.1) is 11.8 Å². The molecule has 0 saturated carbocycles. The highest BCUT2D eigenvalue weighted by atomic mass is 32.2. The fourth-order valence-corrected chi connectivity index (χ4v) is 3.13. The average molecular weight is 365 g/mol. The van der Waals surface area contributed by atoms with Gasteiger partial charge in [-0.1, -0.05) is 29.4 Å². The molecular weight excluding hydrogens is 350 g/mol. The van der Waals surface area contributed by atoms with Gasteiger partial charge >= 0.3 is 5.97 Å². The largest absolute Gasteiger partial charge is 0.457 e. The summed E-state index contributed by atoms with van der Waals surface area (Å²) in [5, 5.41) is 12.7. The lowest BCUT2D eigenvalue weighted by Gasteiger charge is -2.09. The molecule has 0 fully saturated rings. The van der Waals surface area contributed by atoms with Crippen LogP contribution in [0.5, 0.6) is 0 Å². The third-order valence-electron chi connectivity index (χ3n) is 3.45. The van der Waals surface area contributed by atoms with Crippen LogP contribution in [0.4, 0.5) is 0 Å². The third-order valence-corrected chi connectivity index (χ3v) is 4.51.